The van der Waals surface area contributed by atoms with Crippen molar-refractivity contribution in [2.75, 3.05) is 0 Å². The molecule has 0 radical (unpaired) electrons. The van der Waals surface area contributed by atoms with E-state index in [1.165, 1.54) is 12.1 Å². The molecule has 0 fully saturated rings. The lowest BCUT2D eigenvalue weighted by Crippen LogP contribution is -2.34. The van der Waals surface area contributed by atoms with E-state index in [1.807, 2.05) is 41.5 Å². The smallest absolute Gasteiger partial charge is 0.198 e. The van der Waals surface area contributed by atoms with E-state index in [1.54, 1.807) is 60.9 Å². The largest absolute Gasteiger partial charge is 0.507 e. The summed E-state index contributed by atoms with van der Waals surface area (Å²) in [4.78, 5) is 27.4. The monoisotopic (exact) mass is 568 g/mol. The topological polar surface area (TPSA) is 117 Å². The van der Waals surface area contributed by atoms with Crippen molar-refractivity contribution in [2.45, 2.75) is 64.8 Å². The predicted molar refractivity (Wildman–Crippen MR) is 160 cm³/mol. The maximum atomic E-state index is 13.7. The Labute approximate surface area is 245 Å². The number of aromatic hydroxyl groups is 2. The average Bonchev–Trinajstić information content (AvgIpc) is 2.91. The molecule has 4 N–H and O–H groups in total. The molecule has 5 rings (SSSR count). The Hall–Kier alpha value is -4.72. The first kappa shape index (κ1) is 28.8. The minimum atomic E-state index is -1.01. The molecule has 0 saturated carbocycles. The van der Waals surface area contributed by atoms with Gasteiger partial charge in [0.2, 0.25) is 0 Å². The van der Waals surface area contributed by atoms with Crippen molar-refractivity contribution < 1.29 is 29.3 Å². The molecule has 2 aliphatic heterocycles. The van der Waals surface area contributed by atoms with Crippen LogP contribution in [0.3, 0.4) is 0 Å². The van der Waals surface area contributed by atoms with Crippen LogP contribution < -0.4 is 20.1 Å². The maximum Gasteiger partial charge on any atom is 0.198 e. The lowest BCUT2D eigenvalue weighted by molar-refractivity contribution is 0.0953. The van der Waals surface area contributed by atoms with Gasteiger partial charge in [-0.05, 0) is 71.9 Å². The number of hydrogen-bond acceptors (Lipinski definition) is 8. The molecular formula is C34H36N2O6. The Morgan fingerprint density at radius 3 is 1.40 bits per heavy atom. The Kier molecular flexibility index (Phi) is 7.27. The first-order chi connectivity index (χ1) is 19.7. The number of rotatable bonds is 4. The third-order valence-electron chi connectivity index (χ3n) is 6.90. The zero-order chi connectivity index (χ0) is 30.4. The number of ether oxygens (including phenoxy) is 2. The number of para-hydroxylation sites is 2. The van der Waals surface area contributed by atoms with E-state index < -0.39 is 12.2 Å². The van der Waals surface area contributed by atoms with Crippen LogP contribution in [-0.2, 0) is 0 Å². The summed E-state index contributed by atoms with van der Waals surface area (Å²) in [5.41, 5.74) is 1.17. The van der Waals surface area contributed by atoms with Crippen LogP contribution in [0, 0.1) is 0 Å². The molecule has 0 spiro atoms. The Bertz CT molecular complexity index is 1510. The van der Waals surface area contributed by atoms with Crippen LogP contribution in [0.5, 0.6) is 23.0 Å². The molecule has 3 aromatic carbocycles. The van der Waals surface area contributed by atoms with Crippen LogP contribution in [0.15, 0.2) is 84.2 Å². The van der Waals surface area contributed by atoms with Gasteiger partial charge in [-0.1, -0.05) is 24.3 Å². The van der Waals surface area contributed by atoms with Crippen molar-refractivity contribution in [1.29, 1.82) is 0 Å². The van der Waals surface area contributed by atoms with Gasteiger partial charge in [-0.25, -0.2) is 0 Å². The van der Waals surface area contributed by atoms with Crippen LogP contribution in [0.2, 0.25) is 0 Å². The zero-order valence-corrected chi connectivity index (χ0v) is 24.6. The standard InChI is InChI=1S/C34H36N2O6/c1-33(2,3)35-17-23-29(39)19-11-7-9-13-27(19)41-31(23)21-15-22(26(38)16-25(21)37)32-24(18-36-34(4,5)6)30(40)20-12-8-10-14-28(20)42-32/h7-18,31-32,35-38H,1-6H3/b23-17+,24-18+. The minimum Gasteiger partial charge on any atom is -0.507 e. The summed E-state index contributed by atoms with van der Waals surface area (Å²) in [5.74, 6) is -0.280. The molecule has 0 aliphatic carbocycles. The number of carbonyl (C=O) groups excluding carboxylic acids is 2. The summed E-state index contributed by atoms with van der Waals surface area (Å²) >= 11 is 0. The lowest BCUT2D eigenvalue weighted by Gasteiger charge is -2.32. The fourth-order valence-electron chi connectivity index (χ4n) is 4.81. The van der Waals surface area contributed by atoms with Gasteiger partial charge in [0.1, 0.15) is 23.0 Å². The Morgan fingerprint density at radius 1 is 0.643 bits per heavy atom. The molecular weight excluding hydrogens is 532 g/mol. The summed E-state index contributed by atoms with van der Waals surface area (Å²) in [7, 11) is 0. The molecule has 8 heteroatoms. The normalized spacial score (nSPS) is 20.4. The van der Waals surface area contributed by atoms with Crippen molar-refractivity contribution in [3.05, 3.63) is 106 Å². The summed E-state index contributed by atoms with van der Waals surface area (Å²) in [5, 5.41) is 28.7. The third-order valence-corrected chi connectivity index (χ3v) is 6.90. The number of fused-ring (bicyclic) bond motifs is 2. The molecule has 0 bridgehead atoms. The number of nitrogens with one attached hydrogen (secondary N) is 2. The van der Waals surface area contributed by atoms with E-state index in [9.17, 15) is 19.8 Å². The molecule has 3 aromatic rings. The second-order valence-corrected chi connectivity index (χ2v) is 12.6. The van der Waals surface area contributed by atoms with Crippen LogP contribution in [0.4, 0.5) is 0 Å². The van der Waals surface area contributed by atoms with Crippen molar-refractivity contribution >= 4 is 11.6 Å². The number of benzene rings is 3. The molecule has 0 amide bonds. The first-order valence-electron chi connectivity index (χ1n) is 13.9. The van der Waals surface area contributed by atoms with Crippen molar-refractivity contribution in [2.24, 2.45) is 0 Å². The molecule has 218 valence electrons. The second-order valence-electron chi connectivity index (χ2n) is 12.6. The van der Waals surface area contributed by atoms with Gasteiger partial charge in [0.15, 0.2) is 23.8 Å². The molecule has 0 saturated heterocycles. The van der Waals surface area contributed by atoms with Gasteiger partial charge >= 0.3 is 0 Å². The van der Waals surface area contributed by atoms with Crippen molar-refractivity contribution in [3.8, 4) is 23.0 Å². The summed E-state index contributed by atoms with van der Waals surface area (Å²) < 4.78 is 12.6. The van der Waals surface area contributed by atoms with Gasteiger partial charge in [-0.2, -0.15) is 0 Å². The van der Waals surface area contributed by atoms with Crippen molar-refractivity contribution in [3.63, 3.8) is 0 Å². The highest BCUT2D eigenvalue weighted by molar-refractivity contribution is 6.13. The fraction of sp³-hybridized carbons (Fsp3) is 0.294. The van der Waals surface area contributed by atoms with Crippen LogP contribution >= 0.6 is 0 Å². The van der Waals surface area contributed by atoms with Crippen molar-refractivity contribution in [1.82, 2.24) is 10.6 Å². The highest BCUT2D eigenvalue weighted by atomic mass is 16.5. The maximum absolute atomic E-state index is 13.7. The molecule has 2 aliphatic rings. The fourth-order valence-corrected chi connectivity index (χ4v) is 4.81. The number of carbonyl (C=O) groups is 2. The van der Waals surface area contributed by atoms with Crippen LogP contribution in [0.1, 0.15) is 85.6 Å². The summed E-state index contributed by atoms with van der Waals surface area (Å²) in [6.07, 6.45) is 1.22. The molecule has 8 nitrogen and oxygen atoms in total. The van der Waals surface area contributed by atoms with E-state index in [0.717, 1.165) is 0 Å². The lowest BCUT2D eigenvalue weighted by atomic mass is 9.87. The highest BCUT2D eigenvalue weighted by Crippen LogP contribution is 2.46. The summed E-state index contributed by atoms with van der Waals surface area (Å²) in [6.45, 7) is 11.8. The van der Waals surface area contributed by atoms with E-state index in [0.29, 0.717) is 22.6 Å². The Balaban J connectivity index is 1.66. The molecule has 2 unspecified atom stereocenters. The molecule has 2 atom stereocenters. The Morgan fingerprint density at radius 2 is 1.02 bits per heavy atom. The molecule has 2 heterocycles. The van der Waals surface area contributed by atoms with Gasteiger partial charge in [0, 0.05) is 40.7 Å². The van der Waals surface area contributed by atoms with Crippen LogP contribution in [-0.4, -0.2) is 32.9 Å². The second kappa shape index (κ2) is 10.6. The predicted octanol–water partition coefficient (Wildman–Crippen LogP) is 6.27. The van der Waals surface area contributed by atoms with E-state index >= 15 is 0 Å². The number of ketones is 2. The zero-order valence-electron chi connectivity index (χ0n) is 24.6. The summed E-state index contributed by atoms with van der Waals surface area (Å²) in [6, 6.07) is 16.6. The molecule has 42 heavy (non-hydrogen) atoms. The van der Waals surface area contributed by atoms with Gasteiger partial charge in [0.25, 0.3) is 0 Å². The average molecular weight is 569 g/mol. The highest BCUT2D eigenvalue weighted by Gasteiger charge is 2.39. The van der Waals surface area contributed by atoms with E-state index in [4.69, 9.17) is 9.47 Å². The van der Waals surface area contributed by atoms with E-state index in [2.05, 4.69) is 10.6 Å². The van der Waals surface area contributed by atoms with Crippen LogP contribution in [0.25, 0.3) is 0 Å². The first-order valence-corrected chi connectivity index (χ1v) is 13.9. The number of phenols is 2. The third kappa shape index (κ3) is 5.70. The quantitative estimate of drug-likeness (QED) is 0.272. The number of Topliss-reactive ketones (excluding diaryl/α,β-unsaturated/α-hetero) is 2. The van der Waals surface area contributed by atoms with Gasteiger partial charge in [0.05, 0.1) is 22.3 Å². The van der Waals surface area contributed by atoms with E-state index in [-0.39, 0.29) is 56.4 Å². The van der Waals surface area contributed by atoms with Gasteiger partial charge in [-0.15, -0.1) is 0 Å². The van der Waals surface area contributed by atoms with Gasteiger partial charge in [-0.3, -0.25) is 9.59 Å². The number of hydrogen-bond donors (Lipinski definition) is 4. The number of phenolic OH excluding ortho intramolecular Hbond substituents is 2. The SMILES string of the molecule is CC(C)(C)N/C=C1\C(=O)c2ccccc2OC1c1cc(C2Oc3ccccc3C(=O)/C2=C\NC(C)(C)C)c(O)cc1O. The van der Waals surface area contributed by atoms with Gasteiger partial charge < -0.3 is 30.3 Å². The minimum absolute atomic E-state index is 0.241. The molecule has 0 aromatic heterocycles.